The molecule has 2 aliphatic rings. The highest BCUT2D eigenvalue weighted by Gasteiger charge is 2.37. The molecule has 2 heteroatoms. The molecule has 76 valence electrons. The van der Waals surface area contributed by atoms with Gasteiger partial charge in [-0.2, -0.15) is 0 Å². The Morgan fingerprint density at radius 2 is 1.92 bits per heavy atom. The summed E-state index contributed by atoms with van der Waals surface area (Å²) in [7, 11) is 0. The van der Waals surface area contributed by atoms with Gasteiger partial charge in [0, 0.05) is 31.2 Å². The Morgan fingerprint density at radius 3 is 2.46 bits per heavy atom. The molecule has 2 unspecified atom stereocenters. The minimum absolute atomic E-state index is 0.631. The molecule has 2 nitrogen and oxygen atoms in total. The van der Waals surface area contributed by atoms with Crippen molar-refractivity contribution in [3.63, 3.8) is 0 Å². The zero-order valence-electron chi connectivity index (χ0n) is 9.09. The molecule has 13 heavy (non-hydrogen) atoms. The predicted molar refractivity (Wildman–Crippen MR) is 55.8 cm³/mol. The van der Waals surface area contributed by atoms with E-state index in [1.807, 2.05) is 0 Å². The zero-order valence-corrected chi connectivity index (χ0v) is 9.09. The molecule has 2 rings (SSSR count). The second-order valence-electron chi connectivity index (χ2n) is 5.09. The van der Waals surface area contributed by atoms with Crippen LogP contribution in [0.3, 0.4) is 0 Å². The van der Waals surface area contributed by atoms with Gasteiger partial charge in [0.1, 0.15) is 0 Å². The Labute approximate surface area is 81.7 Å². The number of likely N-dealkylation sites (tertiary alicyclic amines) is 1. The fourth-order valence-electron chi connectivity index (χ4n) is 2.39. The maximum atomic E-state index is 3.66. The number of hydrogen-bond acceptors (Lipinski definition) is 2. The fourth-order valence-corrected chi connectivity index (χ4v) is 2.39. The lowest BCUT2D eigenvalue weighted by atomic mass is 10.1. The van der Waals surface area contributed by atoms with Gasteiger partial charge in [0.15, 0.2) is 0 Å². The van der Waals surface area contributed by atoms with Crippen LogP contribution in [0.4, 0.5) is 0 Å². The van der Waals surface area contributed by atoms with E-state index in [1.54, 1.807) is 0 Å². The summed E-state index contributed by atoms with van der Waals surface area (Å²) < 4.78 is 0. The molecule has 1 aliphatic heterocycles. The van der Waals surface area contributed by atoms with E-state index in [0.717, 1.165) is 18.0 Å². The van der Waals surface area contributed by atoms with Gasteiger partial charge in [-0.1, -0.05) is 20.8 Å². The van der Waals surface area contributed by atoms with E-state index >= 15 is 0 Å². The minimum Gasteiger partial charge on any atom is -0.310 e. The van der Waals surface area contributed by atoms with Crippen LogP contribution >= 0.6 is 0 Å². The van der Waals surface area contributed by atoms with Crippen molar-refractivity contribution in [1.29, 1.82) is 0 Å². The van der Waals surface area contributed by atoms with Gasteiger partial charge in [-0.3, -0.25) is 4.90 Å². The lowest BCUT2D eigenvalue weighted by Crippen LogP contribution is -2.40. The van der Waals surface area contributed by atoms with E-state index < -0.39 is 0 Å². The van der Waals surface area contributed by atoms with Crippen molar-refractivity contribution in [2.75, 3.05) is 13.1 Å². The summed E-state index contributed by atoms with van der Waals surface area (Å²) in [5.74, 6) is 0.836. The van der Waals surface area contributed by atoms with Gasteiger partial charge in [0.05, 0.1) is 0 Å². The third kappa shape index (κ3) is 2.23. The summed E-state index contributed by atoms with van der Waals surface area (Å²) >= 11 is 0. The molecule has 1 aliphatic carbocycles. The topological polar surface area (TPSA) is 15.3 Å². The van der Waals surface area contributed by atoms with Crippen LogP contribution in [0.15, 0.2) is 0 Å². The second kappa shape index (κ2) is 3.58. The third-order valence-electron chi connectivity index (χ3n) is 3.25. The third-order valence-corrected chi connectivity index (χ3v) is 3.25. The molecule has 1 saturated carbocycles. The van der Waals surface area contributed by atoms with E-state index in [1.165, 1.54) is 25.9 Å². The lowest BCUT2D eigenvalue weighted by Gasteiger charge is -2.19. The molecule has 1 N–H and O–H groups in total. The van der Waals surface area contributed by atoms with Gasteiger partial charge in [0.2, 0.25) is 0 Å². The van der Waals surface area contributed by atoms with Crippen LogP contribution in [-0.4, -0.2) is 36.1 Å². The summed E-state index contributed by atoms with van der Waals surface area (Å²) in [6.45, 7) is 9.46. The number of nitrogens with one attached hydrogen (secondary N) is 1. The van der Waals surface area contributed by atoms with E-state index in [9.17, 15) is 0 Å². The number of rotatable bonds is 3. The van der Waals surface area contributed by atoms with Crippen molar-refractivity contribution in [3.8, 4) is 0 Å². The van der Waals surface area contributed by atoms with E-state index in [-0.39, 0.29) is 0 Å². The SMILES string of the molecule is CC(C)NC1CN(C2CC2)CC1C. The summed E-state index contributed by atoms with van der Waals surface area (Å²) in [6.07, 6.45) is 2.89. The fraction of sp³-hybridized carbons (Fsp3) is 1.00. The number of hydrogen-bond donors (Lipinski definition) is 1. The summed E-state index contributed by atoms with van der Waals surface area (Å²) in [5, 5.41) is 3.66. The van der Waals surface area contributed by atoms with Crippen LogP contribution in [0.25, 0.3) is 0 Å². The van der Waals surface area contributed by atoms with Gasteiger partial charge in [-0.15, -0.1) is 0 Å². The minimum atomic E-state index is 0.631. The summed E-state index contributed by atoms with van der Waals surface area (Å²) in [6, 6.07) is 2.31. The molecule has 0 spiro atoms. The molecule has 0 bridgehead atoms. The molecular formula is C11H22N2. The second-order valence-corrected chi connectivity index (χ2v) is 5.09. The summed E-state index contributed by atoms with van der Waals surface area (Å²) in [5.41, 5.74) is 0. The predicted octanol–water partition coefficient (Wildman–Crippen LogP) is 1.47. The van der Waals surface area contributed by atoms with Crippen molar-refractivity contribution < 1.29 is 0 Å². The van der Waals surface area contributed by atoms with Gasteiger partial charge in [0.25, 0.3) is 0 Å². The molecule has 2 fully saturated rings. The normalized spacial score (nSPS) is 36.0. The van der Waals surface area contributed by atoms with E-state index in [0.29, 0.717) is 6.04 Å². The van der Waals surface area contributed by atoms with Crippen LogP contribution in [0.5, 0.6) is 0 Å². The lowest BCUT2D eigenvalue weighted by molar-refractivity contribution is 0.312. The monoisotopic (exact) mass is 182 g/mol. The van der Waals surface area contributed by atoms with Crippen molar-refractivity contribution in [3.05, 3.63) is 0 Å². The molecule has 0 aromatic rings. The van der Waals surface area contributed by atoms with Crippen molar-refractivity contribution in [1.82, 2.24) is 10.2 Å². The Balaban J connectivity index is 1.83. The first-order valence-corrected chi connectivity index (χ1v) is 5.67. The average Bonchev–Trinajstić information content (AvgIpc) is 2.79. The first-order chi connectivity index (χ1) is 6.16. The Hall–Kier alpha value is -0.0800. The van der Waals surface area contributed by atoms with Crippen LogP contribution in [-0.2, 0) is 0 Å². The molecule has 0 amide bonds. The molecule has 1 heterocycles. The van der Waals surface area contributed by atoms with E-state index in [4.69, 9.17) is 0 Å². The van der Waals surface area contributed by atoms with Gasteiger partial charge in [-0.05, 0) is 18.8 Å². The van der Waals surface area contributed by atoms with E-state index in [2.05, 4.69) is 31.0 Å². The smallest absolute Gasteiger partial charge is 0.0235 e. The standard InChI is InChI=1S/C11H22N2/c1-8(2)12-11-7-13(6-9(11)3)10-4-5-10/h8-12H,4-7H2,1-3H3. The van der Waals surface area contributed by atoms with Crippen molar-refractivity contribution >= 4 is 0 Å². The van der Waals surface area contributed by atoms with Crippen LogP contribution in [0.1, 0.15) is 33.6 Å². The van der Waals surface area contributed by atoms with Crippen molar-refractivity contribution in [2.45, 2.75) is 51.7 Å². The quantitative estimate of drug-likeness (QED) is 0.711. The molecule has 1 saturated heterocycles. The van der Waals surface area contributed by atoms with Gasteiger partial charge in [-0.25, -0.2) is 0 Å². The summed E-state index contributed by atoms with van der Waals surface area (Å²) in [4.78, 5) is 2.67. The molecule has 0 aromatic heterocycles. The Morgan fingerprint density at radius 1 is 1.23 bits per heavy atom. The highest BCUT2D eigenvalue weighted by atomic mass is 15.2. The van der Waals surface area contributed by atoms with Crippen LogP contribution < -0.4 is 5.32 Å². The van der Waals surface area contributed by atoms with Gasteiger partial charge >= 0.3 is 0 Å². The first-order valence-electron chi connectivity index (χ1n) is 5.67. The zero-order chi connectivity index (χ0) is 9.42. The molecule has 2 atom stereocenters. The maximum absolute atomic E-state index is 3.66. The Bertz CT molecular complexity index is 175. The maximum Gasteiger partial charge on any atom is 0.0235 e. The Kier molecular flexibility index (Phi) is 2.61. The highest BCUT2D eigenvalue weighted by molar-refractivity contribution is 4.95. The van der Waals surface area contributed by atoms with Gasteiger partial charge < -0.3 is 5.32 Å². The first kappa shape index (κ1) is 9.47. The van der Waals surface area contributed by atoms with Crippen LogP contribution in [0, 0.1) is 5.92 Å². The highest BCUT2D eigenvalue weighted by Crippen LogP contribution is 2.31. The molecule has 0 aromatic carbocycles. The molecular weight excluding hydrogens is 160 g/mol. The average molecular weight is 182 g/mol. The number of nitrogens with zero attached hydrogens (tertiary/aromatic N) is 1. The molecule has 0 radical (unpaired) electrons. The largest absolute Gasteiger partial charge is 0.310 e. The van der Waals surface area contributed by atoms with Crippen LogP contribution in [0.2, 0.25) is 0 Å². The van der Waals surface area contributed by atoms with Crippen molar-refractivity contribution in [2.24, 2.45) is 5.92 Å².